The Hall–Kier alpha value is -2.77. The Morgan fingerprint density at radius 3 is 2.65 bits per heavy atom. The molecule has 8 heteroatoms. The number of amides is 1. The highest BCUT2D eigenvalue weighted by molar-refractivity contribution is 5.76. The normalized spacial score (nSPS) is 19.9. The first kappa shape index (κ1) is 18.0. The third-order valence-electron chi connectivity index (χ3n) is 4.59. The number of carboxylic acid groups (broad SMARTS) is 1. The number of rotatable bonds is 6. The summed E-state index contributed by atoms with van der Waals surface area (Å²) in [7, 11) is 0. The van der Waals surface area contributed by atoms with Gasteiger partial charge in [-0.2, -0.15) is 4.98 Å². The molecule has 1 aromatic carbocycles. The van der Waals surface area contributed by atoms with Crippen molar-refractivity contribution < 1.29 is 23.6 Å². The van der Waals surface area contributed by atoms with Gasteiger partial charge in [0, 0.05) is 18.9 Å². The zero-order chi connectivity index (χ0) is 18.5. The highest BCUT2D eigenvalue weighted by atomic mass is 19.1. The number of nitrogens with one attached hydrogen (secondary N) is 1. The van der Waals surface area contributed by atoms with Crippen LogP contribution in [0.25, 0.3) is 11.4 Å². The van der Waals surface area contributed by atoms with Crippen LogP contribution in [0.1, 0.15) is 38.0 Å². The van der Waals surface area contributed by atoms with Gasteiger partial charge in [-0.15, -0.1) is 0 Å². The molecule has 0 spiro atoms. The van der Waals surface area contributed by atoms with E-state index in [2.05, 4.69) is 15.5 Å². The van der Waals surface area contributed by atoms with Crippen molar-refractivity contribution in [3.05, 3.63) is 36.0 Å². The van der Waals surface area contributed by atoms with E-state index in [0.717, 1.165) is 0 Å². The number of carboxylic acids is 1. The lowest BCUT2D eigenvalue weighted by atomic mass is 9.86. The van der Waals surface area contributed by atoms with Gasteiger partial charge in [0.1, 0.15) is 5.82 Å². The largest absolute Gasteiger partial charge is 0.481 e. The fourth-order valence-corrected chi connectivity index (χ4v) is 3.11. The molecule has 0 radical (unpaired) electrons. The van der Waals surface area contributed by atoms with Crippen molar-refractivity contribution in [1.82, 2.24) is 15.5 Å². The number of nitrogens with zero attached hydrogens (tertiary/aromatic N) is 2. The summed E-state index contributed by atoms with van der Waals surface area (Å²) in [5.74, 6) is -1.22. The van der Waals surface area contributed by atoms with E-state index < -0.39 is 11.8 Å². The summed E-state index contributed by atoms with van der Waals surface area (Å²) in [6.07, 6.45) is 2.93. The summed E-state index contributed by atoms with van der Waals surface area (Å²) >= 11 is 0. The minimum absolute atomic E-state index is 0.00904. The van der Waals surface area contributed by atoms with Crippen LogP contribution in [0.4, 0.5) is 4.39 Å². The summed E-state index contributed by atoms with van der Waals surface area (Å²) in [6, 6.07) is 6.15. The van der Waals surface area contributed by atoms with Crippen LogP contribution in [0.15, 0.2) is 28.8 Å². The van der Waals surface area contributed by atoms with Crippen molar-refractivity contribution in [2.45, 2.75) is 44.6 Å². The van der Waals surface area contributed by atoms with Gasteiger partial charge >= 0.3 is 5.97 Å². The van der Waals surface area contributed by atoms with Crippen LogP contribution in [0.3, 0.4) is 0 Å². The third kappa shape index (κ3) is 4.44. The second-order valence-corrected chi connectivity index (χ2v) is 6.45. The first-order valence-corrected chi connectivity index (χ1v) is 8.62. The second-order valence-electron chi connectivity index (χ2n) is 6.45. The highest BCUT2D eigenvalue weighted by Crippen LogP contribution is 2.24. The van der Waals surface area contributed by atoms with Gasteiger partial charge in [-0.25, -0.2) is 4.39 Å². The Morgan fingerprint density at radius 1 is 1.23 bits per heavy atom. The van der Waals surface area contributed by atoms with Gasteiger partial charge in [-0.05, 0) is 37.8 Å². The number of benzene rings is 1. The number of aryl methyl sites for hydroxylation is 1. The molecule has 2 aromatic rings. The zero-order valence-corrected chi connectivity index (χ0v) is 14.2. The van der Waals surface area contributed by atoms with E-state index in [9.17, 15) is 14.0 Å². The molecule has 1 fully saturated rings. The Labute approximate surface area is 149 Å². The predicted molar refractivity (Wildman–Crippen MR) is 89.5 cm³/mol. The quantitative estimate of drug-likeness (QED) is 0.819. The number of carbonyl (C=O) groups is 2. The lowest BCUT2D eigenvalue weighted by Gasteiger charge is -2.26. The van der Waals surface area contributed by atoms with Crippen LogP contribution < -0.4 is 5.32 Å². The van der Waals surface area contributed by atoms with Gasteiger partial charge < -0.3 is 14.9 Å². The van der Waals surface area contributed by atoms with E-state index in [-0.39, 0.29) is 48.0 Å². The zero-order valence-electron chi connectivity index (χ0n) is 14.2. The second kappa shape index (κ2) is 8.07. The van der Waals surface area contributed by atoms with Gasteiger partial charge in [0.25, 0.3) is 0 Å². The van der Waals surface area contributed by atoms with E-state index in [0.29, 0.717) is 25.7 Å². The fraction of sp³-hybridized carbons (Fsp3) is 0.444. The first-order valence-electron chi connectivity index (χ1n) is 8.62. The molecule has 0 aliphatic heterocycles. The van der Waals surface area contributed by atoms with Crippen LogP contribution in [-0.2, 0) is 16.0 Å². The molecule has 0 atom stereocenters. The average Bonchev–Trinajstić information content (AvgIpc) is 3.09. The minimum Gasteiger partial charge on any atom is -0.481 e. The molecule has 1 saturated carbocycles. The van der Waals surface area contributed by atoms with E-state index in [1.54, 1.807) is 18.2 Å². The monoisotopic (exact) mass is 361 g/mol. The summed E-state index contributed by atoms with van der Waals surface area (Å²) in [5.41, 5.74) is 0.252. The molecule has 1 aliphatic carbocycles. The van der Waals surface area contributed by atoms with E-state index in [4.69, 9.17) is 9.63 Å². The van der Waals surface area contributed by atoms with Gasteiger partial charge in [-0.1, -0.05) is 17.3 Å². The highest BCUT2D eigenvalue weighted by Gasteiger charge is 2.26. The SMILES string of the molecule is O=C(CCc1nc(-c2ccccc2F)no1)NC1CCC(C(=O)O)CC1. The lowest BCUT2D eigenvalue weighted by molar-refractivity contribution is -0.142. The molecular weight excluding hydrogens is 341 g/mol. The third-order valence-corrected chi connectivity index (χ3v) is 4.59. The van der Waals surface area contributed by atoms with Crippen molar-refractivity contribution in [3.8, 4) is 11.4 Å². The van der Waals surface area contributed by atoms with Crippen LogP contribution in [0.2, 0.25) is 0 Å². The topological polar surface area (TPSA) is 105 Å². The van der Waals surface area contributed by atoms with Crippen molar-refractivity contribution in [1.29, 1.82) is 0 Å². The van der Waals surface area contributed by atoms with Crippen molar-refractivity contribution >= 4 is 11.9 Å². The molecule has 1 amide bonds. The van der Waals surface area contributed by atoms with Gasteiger partial charge in [0.15, 0.2) is 0 Å². The number of hydrogen-bond donors (Lipinski definition) is 2. The maximum absolute atomic E-state index is 13.7. The average molecular weight is 361 g/mol. The molecule has 2 N–H and O–H groups in total. The van der Waals surface area contributed by atoms with Gasteiger partial charge in [-0.3, -0.25) is 9.59 Å². The summed E-state index contributed by atoms with van der Waals surface area (Å²) < 4.78 is 18.8. The molecule has 1 aliphatic rings. The molecular formula is C18H20FN3O4. The molecule has 26 heavy (non-hydrogen) atoms. The van der Waals surface area contributed by atoms with Crippen LogP contribution >= 0.6 is 0 Å². The number of halogens is 1. The van der Waals surface area contributed by atoms with Gasteiger partial charge in [0.2, 0.25) is 17.6 Å². The predicted octanol–water partition coefficient (Wildman–Crippen LogP) is 2.57. The Balaban J connectivity index is 1.47. The smallest absolute Gasteiger partial charge is 0.306 e. The lowest BCUT2D eigenvalue weighted by Crippen LogP contribution is -2.38. The van der Waals surface area contributed by atoms with Gasteiger partial charge in [0.05, 0.1) is 11.5 Å². The first-order chi connectivity index (χ1) is 12.5. The summed E-state index contributed by atoms with van der Waals surface area (Å²) in [4.78, 5) is 27.1. The van der Waals surface area contributed by atoms with Crippen molar-refractivity contribution in [2.75, 3.05) is 0 Å². The summed E-state index contributed by atoms with van der Waals surface area (Å²) in [6.45, 7) is 0. The minimum atomic E-state index is -0.767. The number of carbonyl (C=O) groups excluding carboxylic acids is 1. The molecule has 138 valence electrons. The van der Waals surface area contributed by atoms with Crippen molar-refractivity contribution in [2.24, 2.45) is 5.92 Å². The molecule has 0 unspecified atom stereocenters. The maximum Gasteiger partial charge on any atom is 0.306 e. The van der Waals surface area contributed by atoms with Crippen LogP contribution in [-0.4, -0.2) is 33.2 Å². The molecule has 7 nitrogen and oxygen atoms in total. The Morgan fingerprint density at radius 2 is 1.96 bits per heavy atom. The molecule has 1 aromatic heterocycles. The van der Waals surface area contributed by atoms with Crippen molar-refractivity contribution in [3.63, 3.8) is 0 Å². The van der Waals surface area contributed by atoms with E-state index in [1.165, 1.54) is 6.07 Å². The Bertz CT molecular complexity index is 784. The van der Waals surface area contributed by atoms with Crippen LogP contribution in [0, 0.1) is 11.7 Å². The molecule has 3 rings (SSSR count). The summed E-state index contributed by atoms with van der Waals surface area (Å²) in [5, 5.41) is 15.7. The molecule has 1 heterocycles. The fourth-order valence-electron chi connectivity index (χ4n) is 3.11. The van der Waals surface area contributed by atoms with Crippen LogP contribution in [0.5, 0.6) is 0 Å². The molecule has 0 bridgehead atoms. The standard InChI is InChI=1S/C18H20FN3O4/c19-14-4-2-1-3-13(14)17-21-16(26-22-17)10-9-15(23)20-12-7-5-11(6-8-12)18(24)25/h1-4,11-12H,5-10H2,(H,20,23)(H,24,25). The Kier molecular flexibility index (Phi) is 5.60. The number of aromatic nitrogens is 2. The van der Waals surface area contributed by atoms with E-state index >= 15 is 0 Å². The number of aliphatic carboxylic acids is 1. The molecule has 0 saturated heterocycles. The maximum atomic E-state index is 13.7. The number of hydrogen-bond acceptors (Lipinski definition) is 5. The van der Waals surface area contributed by atoms with E-state index in [1.807, 2.05) is 0 Å².